The number of amides is 1. The summed E-state index contributed by atoms with van der Waals surface area (Å²) in [5, 5.41) is 12.5. The number of nitrogens with zero attached hydrogens (tertiary/aromatic N) is 4. The van der Waals surface area contributed by atoms with Crippen molar-refractivity contribution in [2.24, 2.45) is 0 Å². The third-order valence-electron chi connectivity index (χ3n) is 6.59. The monoisotopic (exact) mass is 473 g/mol. The molecular weight excluding hydrogens is 448 g/mol. The first-order chi connectivity index (χ1) is 16.3. The van der Waals surface area contributed by atoms with Crippen LogP contribution >= 0.6 is 0 Å². The van der Waals surface area contributed by atoms with E-state index in [-0.39, 0.29) is 41.8 Å². The summed E-state index contributed by atoms with van der Waals surface area (Å²) in [6.45, 7) is 0. The van der Waals surface area contributed by atoms with E-state index < -0.39 is 17.9 Å². The molecule has 12 heteroatoms. The second kappa shape index (κ2) is 8.35. The van der Waals surface area contributed by atoms with Crippen molar-refractivity contribution in [3.63, 3.8) is 0 Å². The summed E-state index contributed by atoms with van der Waals surface area (Å²) in [6.07, 6.45) is 4.69. The second-order valence-electron chi connectivity index (χ2n) is 8.64. The zero-order valence-electron chi connectivity index (χ0n) is 18.7. The van der Waals surface area contributed by atoms with Crippen molar-refractivity contribution >= 4 is 28.9 Å². The Balaban J connectivity index is 1.44. The van der Waals surface area contributed by atoms with Gasteiger partial charge in [0.1, 0.15) is 22.9 Å². The van der Waals surface area contributed by atoms with E-state index in [0.717, 1.165) is 12.8 Å². The molecule has 2 aliphatic carbocycles. The molecule has 2 aliphatic rings. The molecule has 3 aromatic rings. The highest BCUT2D eigenvalue weighted by molar-refractivity contribution is 6.00. The standard InChI is InChI=1S/C22H25F2N7O3/c1-25-18-10-17(27-15-4-3-7-30(21(15)33)12-8-13(9-12)34-2)29-19-14(11-26-31(18)19)20(32)28-16-5-6-22(16,23)24/h3-4,7,10-13,16,25H,5-6,8-9H2,1-2H3,(H,27,29)(H,28,32)/t12-,13-,16?. The number of carbonyl (C=O) groups excluding carboxylic acids is 1. The number of pyridine rings is 1. The molecule has 10 nitrogen and oxygen atoms in total. The van der Waals surface area contributed by atoms with Gasteiger partial charge in [0.2, 0.25) is 0 Å². The maximum Gasteiger partial charge on any atom is 0.274 e. The van der Waals surface area contributed by atoms with E-state index in [1.54, 1.807) is 43.1 Å². The van der Waals surface area contributed by atoms with Gasteiger partial charge in [-0.05, 0) is 31.4 Å². The lowest BCUT2D eigenvalue weighted by Gasteiger charge is -2.36. The Morgan fingerprint density at radius 1 is 1.32 bits per heavy atom. The Labute approximate surface area is 193 Å². The van der Waals surface area contributed by atoms with Crippen LogP contribution in [0.3, 0.4) is 0 Å². The summed E-state index contributed by atoms with van der Waals surface area (Å²) in [4.78, 5) is 30.2. The topological polar surface area (TPSA) is 115 Å². The van der Waals surface area contributed by atoms with Crippen LogP contribution in [0.4, 0.5) is 26.1 Å². The number of hydrogen-bond acceptors (Lipinski definition) is 7. The molecule has 1 atom stereocenters. The van der Waals surface area contributed by atoms with Gasteiger partial charge in [0.05, 0.1) is 18.3 Å². The predicted octanol–water partition coefficient (Wildman–Crippen LogP) is 2.55. The van der Waals surface area contributed by atoms with Gasteiger partial charge in [0.15, 0.2) is 5.65 Å². The average Bonchev–Trinajstić information content (AvgIpc) is 3.22. The summed E-state index contributed by atoms with van der Waals surface area (Å²) in [5.41, 5.74) is 0.358. The molecule has 0 aromatic carbocycles. The number of anilines is 3. The Bertz CT molecular complexity index is 1300. The summed E-state index contributed by atoms with van der Waals surface area (Å²) < 4.78 is 35.7. The molecule has 0 radical (unpaired) electrons. The van der Waals surface area contributed by atoms with Gasteiger partial charge < -0.3 is 25.3 Å². The van der Waals surface area contributed by atoms with Gasteiger partial charge in [-0.3, -0.25) is 9.59 Å². The van der Waals surface area contributed by atoms with Gasteiger partial charge in [-0.15, -0.1) is 0 Å². The number of fused-ring (bicyclic) bond motifs is 1. The quantitative estimate of drug-likeness (QED) is 0.483. The Morgan fingerprint density at radius 3 is 2.76 bits per heavy atom. The van der Waals surface area contributed by atoms with Gasteiger partial charge >= 0.3 is 0 Å². The first-order valence-electron chi connectivity index (χ1n) is 11.1. The van der Waals surface area contributed by atoms with Crippen LogP contribution in [-0.4, -0.2) is 57.3 Å². The van der Waals surface area contributed by atoms with E-state index in [2.05, 4.69) is 26.0 Å². The number of methoxy groups -OCH3 is 1. The zero-order valence-corrected chi connectivity index (χ0v) is 18.7. The Kier molecular flexibility index (Phi) is 5.47. The van der Waals surface area contributed by atoms with Crippen LogP contribution in [-0.2, 0) is 4.74 Å². The van der Waals surface area contributed by atoms with Gasteiger partial charge in [-0.25, -0.2) is 13.8 Å². The number of rotatable bonds is 7. The van der Waals surface area contributed by atoms with Gasteiger partial charge in [0.25, 0.3) is 17.4 Å². The molecule has 1 amide bonds. The largest absolute Gasteiger partial charge is 0.381 e. The summed E-state index contributed by atoms with van der Waals surface area (Å²) in [7, 11) is 3.33. The molecule has 180 valence electrons. The molecule has 3 heterocycles. The SMILES string of the molecule is CNc1cc(Nc2cccn([C@H]3C[C@H](OC)C3)c2=O)nc2c(C(=O)NC3CCC3(F)F)cnn12. The van der Waals surface area contributed by atoms with E-state index in [1.165, 1.54) is 10.7 Å². The molecule has 2 saturated carbocycles. The molecule has 0 bridgehead atoms. The van der Waals surface area contributed by atoms with Crippen molar-refractivity contribution in [2.75, 3.05) is 24.8 Å². The number of halogens is 2. The average molecular weight is 473 g/mol. The van der Waals surface area contributed by atoms with Crippen LogP contribution in [0.5, 0.6) is 0 Å². The lowest BCUT2D eigenvalue weighted by molar-refractivity contribution is -0.102. The molecule has 0 aliphatic heterocycles. The highest BCUT2D eigenvalue weighted by Gasteiger charge is 2.49. The molecule has 2 fully saturated rings. The number of aromatic nitrogens is 4. The van der Waals surface area contributed by atoms with Crippen molar-refractivity contribution in [3.05, 3.63) is 46.5 Å². The van der Waals surface area contributed by atoms with E-state index >= 15 is 0 Å². The van der Waals surface area contributed by atoms with E-state index in [1.807, 2.05) is 0 Å². The molecule has 5 rings (SSSR count). The first kappa shape index (κ1) is 22.3. The third-order valence-corrected chi connectivity index (χ3v) is 6.59. The van der Waals surface area contributed by atoms with Crippen LogP contribution in [0.15, 0.2) is 35.4 Å². The molecule has 0 saturated heterocycles. The lowest BCUT2D eigenvalue weighted by Crippen LogP contribution is -2.55. The molecule has 1 unspecified atom stereocenters. The van der Waals surface area contributed by atoms with Crippen molar-refractivity contribution in [2.45, 2.75) is 49.8 Å². The van der Waals surface area contributed by atoms with Crippen molar-refractivity contribution in [1.82, 2.24) is 24.5 Å². The number of carbonyl (C=O) groups is 1. The number of hydrogen-bond donors (Lipinski definition) is 3. The van der Waals surface area contributed by atoms with Crippen molar-refractivity contribution < 1.29 is 18.3 Å². The minimum atomic E-state index is -2.91. The third kappa shape index (κ3) is 3.77. The number of nitrogens with one attached hydrogen (secondary N) is 3. The smallest absolute Gasteiger partial charge is 0.274 e. The summed E-state index contributed by atoms with van der Waals surface area (Å²) in [5.74, 6) is -2.78. The minimum Gasteiger partial charge on any atom is -0.381 e. The van der Waals surface area contributed by atoms with E-state index in [4.69, 9.17) is 4.74 Å². The maximum atomic E-state index is 13.6. The van der Waals surface area contributed by atoms with Crippen LogP contribution in [0.2, 0.25) is 0 Å². The molecule has 0 spiro atoms. The van der Waals surface area contributed by atoms with Crippen LogP contribution in [0, 0.1) is 0 Å². The van der Waals surface area contributed by atoms with Crippen LogP contribution in [0.1, 0.15) is 42.1 Å². The van der Waals surface area contributed by atoms with Gasteiger partial charge in [-0.2, -0.15) is 9.61 Å². The normalized spacial score (nSPS) is 23.1. The summed E-state index contributed by atoms with van der Waals surface area (Å²) in [6, 6.07) is 3.93. The highest BCUT2D eigenvalue weighted by atomic mass is 19.3. The van der Waals surface area contributed by atoms with Gasteiger partial charge in [0, 0.05) is 38.9 Å². The summed E-state index contributed by atoms with van der Waals surface area (Å²) >= 11 is 0. The van der Waals surface area contributed by atoms with Gasteiger partial charge in [-0.1, -0.05) is 0 Å². The lowest BCUT2D eigenvalue weighted by atomic mass is 9.88. The van der Waals surface area contributed by atoms with Crippen molar-refractivity contribution in [3.8, 4) is 0 Å². The van der Waals surface area contributed by atoms with E-state index in [0.29, 0.717) is 17.3 Å². The number of alkyl halides is 2. The fourth-order valence-electron chi connectivity index (χ4n) is 4.27. The second-order valence-corrected chi connectivity index (χ2v) is 8.64. The number of ether oxygens (including phenoxy) is 1. The Morgan fingerprint density at radius 2 is 2.12 bits per heavy atom. The van der Waals surface area contributed by atoms with Crippen molar-refractivity contribution in [1.29, 1.82) is 0 Å². The maximum absolute atomic E-state index is 13.6. The fraction of sp³-hybridized carbons (Fsp3) is 0.455. The predicted molar refractivity (Wildman–Crippen MR) is 121 cm³/mol. The van der Waals surface area contributed by atoms with Crippen LogP contribution in [0.25, 0.3) is 5.65 Å². The Hall–Kier alpha value is -3.54. The van der Waals surface area contributed by atoms with Crippen LogP contribution < -0.4 is 21.5 Å². The molecule has 3 aromatic heterocycles. The molecule has 3 N–H and O–H groups in total. The minimum absolute atomic E-state index is 0.0633. The zero-order chi connectivity index (χ0) is 24.0. The van der Waals surface area contributed by atoms with E-state index in [9.17, 15) is 18.4 Å². The fourth-order valence-corrected chi connectivity index (χ4v) is 4.27. The highest BCUT2D eigenvalue weighted by Crippen LogP contribution is 2.38. The molecular formula is C22H25F2N7O3. The first-order valence-corrected chi connectivity index (χ1v) is 11.1. The molecule has 34 heavy (non-hydrogen) atoms.